The SMILES string of the molecule is CC(C)(CO)c1cc(F)c(CC(=O)Nc2ccnc(C(=O)NC3(C(F)(F)F)COC3)c2)cc1O. The molecule has 1 aromatic heterocycles. The predicted octanol–water partition coefficient (Wildman–Crippen LogP) is 2.44. The number of halogens is 4. The van der Waals surface area contributed by atoms with Gasteiger partial charge in [-0.25, -0.2) is 4.39 Å². The number of aliphatic hydroxyl groups excluding tert-OH is 1. The maximum absolute atomic E-state index is 14.5. The molecule has 0 bridgehead atoms. The highest BCUT2D eigenvalue weighted by molar-refractivity contribution is 5.96. The van der Waals surface area contributed by atoms with E-state index in [-0.39, 0.29) is 34.9 Å². The highest BCUT2D eigenvalue weighted by Gasteiger charge is 2.61. The van der Waals surface area contributed by atoms with Crippen molar-refractivity contribution in [2.45, 2.75) is 37.4 Å². The molecule has 0 saturated carbocycles. The van der Waals surface area contributed by atoms with Gasteiger partial charge in [-0.05, 0) is 24.3 Å². The molecule has 3 rings (SSSR count). The van der Waals surface area contributed by atoms with Crippen molar-refractivity contribution in [3.05, 3.63) is 53.1 Å². The van der Waals surface area contributed by atoms with E-state index in [0.717, 1.165) is 24.4 Å². The van der Waals surface area contributed by atoms with Crippen LogP contribution in [-0.4, -0.2) is 58.5 Å². The molecule has 1 fully saturated rings. The van der Waals surface area contributed by atoms with Crippen LogP contribution in [0.1, 0.15) is 35.5 Å². The molecule has 4 N–H and O–H groups in total. The van der Waals surface area contributed by atoms with E-state index in [2.05, 4.69) is 15.0 Å². The number of hydrogen-bond donors (Lipinski definition) is 4. The lowest BCUT2D eigenvalue weighted by Crippen LogP contribution is -2.70. The predicted molar refractivity (Wildman–Crippen MR) is 112 cm³/mol. The maximum Gasteiger partial charge on any atom is 0.416 e. The van der Waals surface area contributed by atoms with Crippen LogP contribution in [0.4, 0.5) is 23.2 Å². The molecule has 0 aliphatic carbocycles. The van der Waals surface area contributed by atoms with E-state index in [9.17, 15) is 37.4 Å². The van der Waals surface area contributed by atoms with E-state index < -0.39 is 54.4 Å². The molecule has 1 aliphatic rings. The van der Waals surface area contributed by atoms with Gasteiger partial charge < -0.3 is 25.6 Å². The van der Waals surface area contributed by atoms with Crippen molar-refractivity contribution in [1.82, 2.24) is 10.3 Å². The molecule has 34 heavy (non-hydrogen) atoms. The molecule has 0 atom stereocenters. The van der Waals surface area contributed by atoms with E-state index in [4.69, 9.17) is 0 Å². The summed E-state index contributed by atoms with van der Waals surface area (Å²) < 4.78 is 58.8. The summed E-state index contributed by atoms with van der Waals surface area (Å²) >= 11 is 0. The van der Waals surface area contributed by atoms with Gasteiger partial charge in [-0.2, -0.15) is 13.2 Å². The summed E-state index contributed by atoms with van der Waals surface area (Å²) in [6, 6.07) is 4.52. The largest absolute Gasteiger partial charge is 0.508 e. The molecular weight excluding hydrogens is 462 g/mol. The first-order chi connectivity index (χ1) is 15.8. The quantitative estimate of drug-likeness (QED) is 0.447. The van der Waals surface area contributed by atoms with Crippen LogP contribution in [0.15, 0.2) is 30.5 Å². The van der Waals surface area contributed by atoms with Gasteiger partial charge in [0.2, 0.25) is 5.91 Å². The van der Waals surface area contributed by atoms with Crippen molar-refractivity contribution < 1.29 is 42.1 Å². The number of nitrogens with one attached hydrogen (secondary N) is 2. The number of hydrogen-bond acceptors (Lipinski definition) is 6. The summed E-state index contributed by atoms with van der Waals surface area (Å²) in [6.07, 6.45) is -4.07. The number of pyridine rings is 1. The Hall–Kier alpha value is -3.25. The molecule has 2 aromatic rings. The summed E-state index contributed by atoms with van der Waals surface area (Å²) in [6.45, 7) is 1.45. The summed E-state index contributed by atoms with van der Waals surface area (Å²) in [5.74, 6) is -2.86. The van der Waals surface area contributed by atoms with Crippen molar-refractivity contribution in [3.63, 3.8) is 0 Å². The fraction of sp³-hybridized carbons (Fsp3) is 0.409. The van der Waals surface area contributed by atoms with Crippen LogP contribution in [0.25, 0.3) is 0 Å². The van der Waals surface area contributed by atoms with Crippen LogP contribution >= 0.6 is 0 Å². The molecule has 8 nitrogen and oxygen atoms in total. The normalized spacial score (nSPS) is 15.4. The summed E-state index contributed by atoms with van der Waals surface area (Å²) in [4.78, 5) is 28.4. The minimum atomic E-state index is -4.72. The van der Waals surface area contributed by atoms with Gasteiger partial charge in [-0.15, -0.1) is 0 Å². The first-order valence-electron chi connectivity index (χ1n) is 10.1. The fourth-order valence-corrected chi connectivity index (χ4v) is 3.27. The lowest BCUT2D eigenvalue weighted by Gasteiger charge is -2.42. The molecule has 1 aromatic carbocycles. The number of aromatic nitrogens is 1. The average molecular weight is 485 g/mol. The third-order valence-electron chi connectivity index (χ3n) is 5.51. The van der Waals surface area contributed by atoms with Crippen LogP contribution in [0.3, 0.4) is 0 Å². The van der Waals surface area contributed by atoms with Gasteiger partial charge >= 0.3 is 6.18 Å². The second kappa shape index (κ2) is 9.18. The van der Waals surface area contributed by atoms with Crippen LogP contribution in [0, 0.1) is 5.82 Å². The first kappa shape index (κ1) is 25.4. The van der Waals surface area contributed by atoms with E-state index >= 15 is 0 Å². The van der Waals surface area contributed by atoms with E-state index in [0.29, 0.717) is 0 Å². The Morgan fingerprint density at radius 2 is 1.88 bits per heavy atom. The summed E-state index contributed by atoms with van der Waals surface area (Å²) in [7, 11) is 0. The molecule has 2 heterocycles. The maximum atomic E-state index is 14.5. The Morgan fingerprint density at radius 3 is 2.44 bits per heavy atom. The van der Waals surface area contributed by atoms with E-state index in [1.807, 2.05) is 5.32 Å². The van der Waals surface area contributed by atoms with E-state index in [1.165, 1.54) is 6.07 Å². The van der Waals surface area contributed by atoms with Crippen LogP contribution in [0.2, 0.25) is 0 Å². The van der Waals surface area contributed by atoms with Crippen LogP contribution in [-0.2, 0) is 21.4 Å². The Kier molecular flexibility index (Phi) is 6.85. The zero-order valence-corrected chi connectivity index (χ0v) is 18.3. The van der Waals surface area contributed by atoms with Crippen LogP contribution < -0.4 is 10.6 Å². The molecule has 12 heteroatoms. The lowest BCUT2D eigenvalue weighted by atomic mass is 9.84. The monoisotopic (exact) mass is 485 g/mol. The van der Waals surface area contributed by atoms with Crippen molar-refractivity contribution >= 4 is 17.5 Å². The fourth-order valence-electron chi connectivity index (χ4n) is 3.27. The number of anilines is 1. The first-order valence-corrected chi connectivity index (χ1v) is 10.1. The molecule has 0 unspecified atom stereocenters. The van der Waals surface area contributed by atoms with Gasteiger partial charge in [0.05, 0.1) is 26.2 Å². The molecule has 184 valence electrons. The topological polar surface area (TPSA) is 121 Å². The Balaban J connectivity index is 1.70. The zero-order valence-electron chi connectivity index (χ0n) is 18.3. The van der Waals surface area contributed by atoms with Gasteiger partial charge in [0.1, 0.15) is 17.3 Å². The Bertz CT molecular complexity index is 1100. The summed E-state index contributed by atoms with van der Waals surface area (Å²) in [5, 5.41) is 23.9. The number of carbonyl (C=O) groups is 2. The number of alkyl halides is 3. The molecule has 1 aliphatic heterocycles. The number of phenols is 1. The minimum Gasteiger partial charge on any atom is -0.508 e. The van der Waals surface area contributed by atoms with Gasteiger partial charge in [-0.1, -0.05) is 13.8 Å². The molecule has 0 spiro atoms. The molecule has 0 radical (unpaired) electrons. The third-order valence-corrected chi connectivity index (χ3v) is 5.51. The second-order valence-corrected chi connectivity index (χ2v) is 8.68. The van der Waals surface area contributed by atoms with Gasteiger partial charge in [0.15, 0.2) is 5.54 Å². The number of amides is 2. The number of phenolic OH excluding ortho intramolecular Hbond substituents is 1. The Labute approximate surface area is 192 Å². The summed E-state index contributed by atoms with van der Waals surface area (Å²) in [5.41, 5.74) is -3.66. The minimum absolute atomic E-state index is 0.0544. The standard InChI is InChI=1S/C22H23F4N3O5/c1-20(2,9-30)14-8-15(23)12(5-17(14)31)6-18(32)28-13-3-4-27-16(7-13)19(33)29-21(10-34-11-21)22(24,25)26/h3-5,7-8,30-31H,6,9-11H2,1-2H3,(H,29,33)(H,27,28,32). The number of aliphatic hydroxyl groups is 1. The molecular formula is C22H23F4N3O5. The van der Waals surface area contributed by atoms with Gasteiger partial charge in [0.25, 0.3) is 5.91 Å². The Morgan fingerprint density at radius 1 is 1.21 bits per heavy atom. The van der Waals surface area contributed by atoms with Crippen molar-refractivity contribution in [2.24, 2.45) is 0 Å². The highest BCUT2D eigenvalue weighted by atomic mass is 19.4. The zero-order chi connectivity index (χ0) is 25.3. The third kappa shape index (κ3) is 5.12. The smallest absolute Gasteiger partial charge is 0.416 e. The van der Waals surface area contributed by atoms with Crippen molar-refractivity contribution in [3.8, 4) is 5.75 Å². The average Bonchev–Trinajstić information content (AvgIpc) is 2.72. The van der Waals surface area contributed by atoms with Gasteiger partial charge in [-0.3, -0.25) is 14.6 Å². The number of nitrogens with zero attached hydrogens (tertiary/aromatic N) is 1. The number of ether oxygens (including phenoxy) is 1. The number of carbonyl (C=O) groups excluding carboxylic acids is 2. The number of aromatic hydroxyl groups is 1. The second-order valence-electron chi connectivity index (χ2n) is 8.68. The van der Waals surface area contributed by atoms with Gasteiger partial charge in [0, 0.05) is 28.4 Å². The highest BCUT2D eigenvalue weighted by Crippen LogP contribution is 2.36. The number of rotatable bonds is 7. The number of benzene rings is 1. The van der Waals surface area contributed by atoms with Crippen LogP contribution in [0.5, 0.6) is 5.75 Å². The van der Waals surface area contributed by atoms with Crippen molar-refractivity contribution in [1.29, 1.82) is 0 Å². The van der Waals surface area contributed by atoms with E-state index in [1.54, 1.807) is 13.8 Å². The molecule has 2 amide bonds. The lowest BCUT2D eigenvalue weighted by molar-refractivity contribution is -0.263. The molecule has 1 saturated heterocycles. The van der Waals surface area contributed by atoms with Crippen molar-refractivity contribution in [2.75, 3.05) is 25.1 Å².